The van der Waals surface area contributed by atoms with Crippen LogP contribution in [0.15, 0.2) is 66.9 Å². The van der Waals surface area contributed by atoms with E-state index in [1.165, 1.54) is 0 Å². The van der Waals surface area contributed by atoms with Gasteiger partial charge in [-0.1, -0.05) is 18.2 Å². The van der Waals surface area contributed by atoms with Gasteiger partial charge in [-0.3, -0.25) is 9.78 Å². The molecule has 3 nitrogen and oxygen atoms in total. The minimum absolute atomic E-state index is 0.0284. The fraction of sp³-hybridized carbons (Fsp3) is 0.100. The SMILES string of the molecule is CCOc1ccc(C(=O)/C=C/c2ccc3ncccc3c2)cc1. The van der Waals surface area contributed by atoms with Gasteiger partial charge in [-0.15, -0.1) is 0 Å². The van der Waals surface area contributed by atoms with Crippen molar-refractivity contribution in [3.63, 3.8) is 0 Å². The maximum Gasteiger partial charge on any atom is 0.185 e. The smallest absolute Gasteiger partial charge is 0.185 e. The molecule has 3 aromatic rings. The lowest BCUT2D eigenvalue weighted by Gasteiger charge is -2.03. The summed E-state index contributed by atoms with van der Waals surface area (Å²) in [4.78, 5) is 16.5. The Hall–Kier alpha value is -2.94. The van der Waals surface area contributed by atoms with Gasteiger partial charge in [0.15, 0.2) is 5.78 Å². The lowest BCUT2D eigenvalue weighted by Crippen LogP contribution is -1.95. The number of benzene rings is 2. The largest absolute Gasteiger partial charge is 0.494 e. The van der Waals surface area contributed by atoms with Gasteiger partial charge >= 0.3 is 0 Å². The quantitative estimate of drug-likeness (QED) is 0.513. The molecule has 3 rings (SSSR count). The van der Waals surface area contributed by atoms with E-state index >= 15 is 0 Å². The van der Waals surface area contributed by atoms with Crippen molar-refractivity contribution in [1.29, 1.82) is 0 Å². The Morgan fingerprint density at radius 3 is 2.74 bits per heavy atom. The number of allylic oxidation sites excluding steroid dienone is 1. The lowest BCUT2D eigenvalue weighted by molar-refractivity contribution is 0.104. The van der Waals surface area contributed by atoms with Gasteiger partial charge in [0.25, 0.3) is 0 Å². The summed E-state index contributed by atoms with van der Waals surface area (Å²) in [5, 5.41) is 1.06. The Kier molecular flexibility index (Phi) is 4.48. The second kappa shape index (κ2) is 6.88. The van der Waals surface area contributed by atoms with Crippen LogP contribution in [0.25, 0.3) is 17.0 Å². The van der Waals surface area contributed by atoms with Crippen LogP contribution in [0.5, 0.6) is 5.75 Å². The highest BCUT2D eigenvalue weighted by molar-refractivity contribution is 6.07. The van der Waals surface area contributed by atoms with Crippen LogP contribution in [0.3, 0.4) is 0 Å². The zero-order valence-electron chi connectivity index (χ0n) is 12.9. The van der Waals surface area contributed by atoms with E-state index in [-0.39, 0.29) is 5.78 Å². The molecule has 1 heterocycles. The summed E-state index contributed by atoms with van der Waals surface area (Å²) in [5.41, 5.74) is 2.57. The Morgan fingerprint density at radius 2 is 1.96 bits per heavy atom. The minimum atomic E-state index is -0.0284. The van der Waals surface area contributed by atoms with Crippen LogP contribution in [-0.4, -0.2) is 17.4 Å². The van der Waals surface area contributed by atoms with E-state index in [2.05, 4.69) is 4.98 Å². The molecule has 1 aromatic heterocycles. The van der Waals surface area contributed by atoms with Gasteiger partial charge in [0.05, 0.1) is 12.1 Å². The minimum Gasteiger partial charge on any atom is -0.494 e. The Labute approximate surface area is 135 Å². The first-order valence-corrected chi connectivity index (χ1v) is 7.56. The van der Waals surface area contributed by atoms with Crippen molar-refractivity contribution >= 4 is 22.8 Å². The van der Waals surface area contributed by atoms with E-state index in [1.54, 1.807) is 24.4 Å². The Balaban J connectivity index is 1.76. The van der Waals surface area contributed by atoms with Crippen LogP contribution in [0, 0.1) is 0 Å². The van der Waals surface area contributed by atoms with Gasteiger partial charge in [0.1, 0.15) is 5.75 Å². The molecule has 0 aliphatic carbocycles. The molecule has 0 bridgehead atoms. The highest BCUT2D eigenvalue weighted by atomic mass is 16.5. The van der Waals surface area contributed by atoms with Crippen LogP contribution in [-0.2, 0) is 0 Å². The molecule has 0 spiro atoms. The Bertz CT molecular complexity index is 851. The fourth-order valence-corrected chi connectivity index (χ4v) is 2.35. The zero-order chi connectivity index (χ0) is 16.1. The van der Waals surface area contributed by atoms with Crippen molar-refractivity contribution < 1.29 is 9.53 Å². The van der Waals surface area contributed by atoms with E-state index < -0.39 is 0 Å². The average Bonchev–Trinajstić information content (AvgIpc) is 2.60. The fourth-order valence-electron chi connectivity index (χ4n) is 2.35. The third-order valence-corrected chi connectivity index (χ3v) is 3.50. The monoisotopic (exact) mass is 303 g/mol. The van der Waals surface area contributed by atoms with Gasteiger partial charge < -0.3 is 4.74 Å². The predicted octanol–water partition coefficient (Wildman–Crippen LogP) is 4.53. The molecule has 0 aliphatic rings. The zero-order valence-corrected chi connectivity index (χ0v) is 12.9. The lowest BCUT2D eigenvalue weighted by atomic mass is 10.1. The van der Waals surface area contributed by atoms with Crippen LogP contribution in [0.2, 0.25) is 0 Å². The van der Waals surface area contributed by atoms with Crippen LogP contribution >= 0.6 is 0 Å². The molecule has 0 saturated heterocycles. The molecule has 0 saturated carbocycles. The van der Waals surface area contributed by atoms with Crippen molar-refractivity contribution in [3.8, 4) is 5.75 Å². The van der Waals surface area contributed by atoms with Gasteiger partial charge in [0, 0.05) is 17.1 Å². The number of aromatic nitrogens is 1. The van der Waals surface area contributed by atoms with Crippen LogP contribution in [0.1, 0.15) is 22.8 Å². The average molecular weight is 303 g/mol. The maximum absolute atomic E-state index is 12.2. The van der Waals surface area contributed by atoms with Gasteiger partial charge in [0.2, 0.25) is 0 Å². The number of hydrogen-bond acceptors (Lipinski definition) is 3. The second-order valence-corrected chi connectivity index (χ2v) is 5.11. The first-order valence-electron chi connectivity index (χ1n) is 7.56. The molecule has 0 atom stereocenters. The predicted molar refractivity (Wildman–Crippen MR) is 92.7 cm³/mol. The van der Waals surface area contributed by atoms with Gasteiger partial charge in [-0.2, -0.15) is 0 Å². The number of carbonyl (C=O) groups is 1. The number of ketones is 1. The van der Waals surface area contributed by atoms with E-state index in [0.29, 0.717) is 12.2 Å². The third kappa shape index (κ3) is 3.64. The summed E-state index contributed by atoms with van der Waals surface area (Å²) < 4.78 is 5.38. The number of fused-ring (bicyclic) bond motifs is 1. The summed E-state index contributed by atoms with van der Waals surface area (Å²) in [6.45, 7) is 2.55. The molecule has 0 unspecified atom stereocenters. The number of rotatable bonds is 5. The van der Waals surface area contributed by atoms with E-state index in [9.17, 15) is 4.79 Å². The second-order valence-electron chi connectivity index (χ2n) is 5.11. The number of nitrogens with zero attached hydrogens (tertiary/aromatic N) is 1. The number of carbonyl (C=O) groups excluding carboxylic acids is 1. The standard InChI is InChI=1S/C20H17NO2/c1-2-23-18-9-7-16(8-10-18)20(22)12-6-15-5-11-19-17(14-15)4-3-13-21-19/h3-14H,2H2,1H3/b12-6+. The Morgan fingerprint density at radius 1 is 1.13 bits per heavy atom. The van der Waals surface area contributed by atoms with Crippen molar-refractivity contribution in [2.75, 3.05) is 6.61 Å². The molecular weight excluding hydrogens is 286 g/mol. The first kappa shape index (κ1) is 15.0. The van der Waals surface area contributed by atoms with Gasteiger partial charge in [-0.05, 0) is 61.0 Å². The van der Waals surface area contributed by atoms with Crippen molar-refractivity contribution in [2.24, 2.45) is 0 Å². The molecule has 23 heavy (non-hydrogen) atoms. The highest BCUT2D eigenvalue weighted by Crippen LogP contribution is 2.16. The third-order valence-electron chi connectivity index (χ3n) is 3.50. The summed E-state index contributed by atoms with van der Waals surface area (Å²) in [6.07, 6.45) is 5.19. The maximum atomic E-state index is 12.2. The summed E-state index contributed by atoms with van der Waals surface area (Å²) in [6, 6.07) is 17.0. The number of pyridine rings is 1. The van der Waals surface area contributed by atoms with Crippen LogP contribution in [0.4, 0.5) is 0 Å². The number of ether oxygens (including phenoxy) is 1. The highest BCUT2D eigenvalue weighted by Gasteiger charge is 2.02. The summed E-state index contributed by atoms with van der Waals surface area (Å²) in [5.74, 6) is 0.745. The van der Waals surface area contributed by atoms with E-state index in [0.717, 1.165) is 22.2 Å². The number of hydrogen-bond donors (Lipinski definition) is 0. The van der Waals surface area contributed by atoms with Crippen LogP contribution < -0.4 is 4.74 Å². The van der Waals surface area contributed by atoms with E-state index in [1.807, 2.05) is 55.5 Å². The van der Waals surface area contributed by atoms with E-state index in [4.69, 9.17) is 4.74 Å². The molecule has 2 aromatic carbocycles. The molecule has 0 radical (unpaired) electrons. The molecule has 0 fully saturated rings. The summed E-state index contributed by atoms with van der Waals surface area (Å²) >= 11 is 0. The van der Waals surface area contributed by atoms with Crippen molar-refractivity contribution in [2.45, 2.75) is 6.92 Å². The topological polar surface area (TPSA) is 39.2 Å². The molecule has 0 amide bonds. The molecule has 3 heteroatoms. The normalized spacial score (nSPS) is 11.0. The molecule has 0 aliphatic heterocycles. The summed E-state index contributed by atoms with van der Waals surface area (Å²) in [7, 11) is 0. The van der Waals surface area contributed by atoms with Crippen molar-refractivity contribution in [1.82, 2.24) is 4.98 Å². The molecular formula is C20H17NO2. The first-order chi connectivity index (χ1) is 11.3. The molecule has 114 valence electrons. The molecule has 0 N–H and O–H groups in total. The van der Waals surface area contributed by atoms with Crippen molar-refractivity contribution in [3.05, 3.63) is 78.0 Å². The van der Waals surface area contributed by atoms with Gasteiger partial charge in [-0.25, -0.2) is 0 Å².